The summed E-state index contributed by atoms with van der Waals surface area (Å²) in [5, 5.41) is 4.71. The van der Waals surface area contributed by atoms with E-state index in [0.717, 1.165) is 50.0 Å². The normalized spacial score (nSPS) is 16.4. The van der Waals surface area contributed by atoms with Gasteiger partial charge in [-0.3, -0.25) is 0 Å². The average Bonchev–Trinajstić information content (AvgIpc) is 3.87. The largest absolute Gasteiger partial charge is 0.484 e. The summed E-state index contributed by atoms with van der Waals surface area (Å²) in [6.07, 6.45) is 6.63. The highest BCUT2D eigenvalue weighted by molar-refractivity contribution is 6.13. The van der Waals surface area contributed by atoms with Crippen molar-refractivity contribution in [2.24, 2.45) is 0 Å². The molecule has 0 spiro atoms. The summed E-state index contributed by atoms with van der Waals surface area (Å²) >= 11 is 0. The molecule has 0 N–H and O–H groups in total. The molecular formula is C48H31NO2. The fourth-order valence-corrected chi connectivity index (χ4v) is 8.38. The number of benzene rings is 7. The molecule has 2 aliphatic rings. The van der Waals surface area contributed by atoms with Crippen molar-refractivity contribution in [1.29, 1.82) is 0 Å². The number of furan rings is 1. The molecule has 7 aromatic carbocycles. The second-order valence-corrected chi connectivity index (χ2v) is 13.6. The van der Waals surface area contributed by atoms with Gasteiger partial charge in [0, 0.05) is 49.9 Å². The van der Waals surface area contributed by atoms with Crippen LogP contribution in [-0.4, -0.2) is 10.7 Å². The maximum atomic E-state index is 6.61. The van der Waals surface area contributed by atoms with Gasteiger partial charge in [-0.1, -0.05) is 140 Å². The monoisotopic (exact) mass is 653 g/mol. The SMILES string of the molecule is C1=CC(c2ccc3c4ccc(-c5cccc6c5oc5ccccc56)cc4n(-c4ccc(-c5ccccc5)cc4)c3c2)C2Oc3ccccc3C2=C1. The molecule has 9 aromatic rings. The van der Waals surface area contributed by atoms with Crippen LogP contribution in [0, 0.1) is 0 Å². The molecule has 11 rings (SSSR count). The number of hydrogen-bond donors (Lipinski definition) is 0. The van der Waals surface area contributed by atoms with Crippen molar-refractivity contribution in [3.63, 3.8) is 0 Å². The van der Waals surface area contributed by atoms with E-state index in [0.29, 0.717) is 0 Å². The molecule has 51 heavy (non-hydrogen) atoms. The van der Waals surface area contributed by atoms with Crippen LogP contribution in [0.15, 0.2) is 180 Å². The molecule has 2 atom stereocenters. The van der Waals surface area contributed by atoms with Crippen LogP contribution in [0.25, 0.3) is 77.3 Å². The standard InChI is InChI=1S/C48H31NO2/c1-2-10-30(11-3-1)31-20-24-34(25-21-31)49-43-28-32(35-14-8-16-41-39-12-4-6-18-45(39)50-47(35)41)22-26-37(43)38-27-23-33(29-44(38)49)36-15-9-17-42-40-13-5-7-19-46(40)51-48(36)42/h1-29,35,47H. The molecule has 3 heterocycles. The molecule has 0 saturated carbocycles. The Kier molecular flexibility index (Phi) is 6.08. The number of para-hydroxylation sites is 3. The van der Waals surface area contributed by atoms with Crippen LogP contribution in [0.3, 0.4) is 0 Å². The maximum absolute atomic E-state index is 6.61. The number of allylic oxidation sites excluding steroid dienone is 2. The first-order chi connectivity index (χ1) is 25.3. The topological polar surface area (TPSA) is 27.3 Å². The van der Waals surface area contributed by atoms with Crippen LogP contribution in [0.5, 0.6) is 5.75 Å². The molecule has 0 radical (unpaired) electrons. The summed E-state index contributed by atoms with van der Waals surface area (Å²) in [5.41, 5.74) is 13.6. The van der Waals surface area contributed by atoms with Crippen LogP contribution >= 0.6 is 0 Å². The van der Waals surface area contributed by atoms with Crippen molar-refractivity contribution in [3.8, 4) is 33.7 Å². The summed E-state index contributed by atoms with van der Waals surface area (Å²) in [4.78, 5) is 0. The lowest BCUT2D eigenvalue weighted by Gasteiger charge is -2.25. The molecule has 3 nitrogen and oxygen atoms in total. The third kappa shape index (κ3) is 4.31. The lowest BCUT2D eigenvalue weighted by Crippen LogP contribution is -2.23. The van der Waals surface area contributed by atoms with E-state index in [4.69, 9.17) is 9.15 Å². The Morgan fingerprint density at radius 2 is 1.22 bits per heavy atom. The van der Waals surface area contributed by atoms with Gasteiger partial charge < -0.3 is 13.7 Å². The number of nitrogens with zero attached hydrogens (tertiary/aromatic N) is 1. The highest BCUT2D eigenvalue weighted by atomic mass is 16.5. The average molecular weight is 654 g/mol. The Hall–Kier alpha value is -6.58. The first-order valence-electron chi connectivity index (χ1n) is 17.6. The summed E-state index contributed by atoms with van der Waals surface area (Å²) in [5.74, 6) is 1.05. The van der Waals surface area contributed by atoms with E-state index in [1.807, 2.05) is 12.1 Å². The minimum absolute atomic E-state index is 0.0521. The van der Waals surface area contributed by atoms with E-state index in [2.05, 4.69) is 168 Å². The van der Waals surface area contributed by atoms with Crippen molar-refractivity contribution >= 4 is 49.3 Å². The van der Waals surface area contributed by atoms with Crippen LogP contribution in [0.1, 0.15) is 17.0 Å². The smallest absolute Gasteiger partial charge is 0.143 e. The summed E-state index contributed by atoms with van der Waals surface area (Å²) < 4.78 is 15.5. The van der Waals surface area contributed by atoms with Crippen molar-refractivity contribution in [1.82, 2.24) is 4.57 Å². The Bertz CT molecular complexity index is 2890. The fourth-order valence-electron chi connectivity index (χ4n) is 8.38. The van der Waals surface area contributed by atoms with Crippen molar-refractivity contribution in [2.75, 3.05) is 0 Å². The molecule has 1 aliphatic heterocycles. The molecule has 3 heteroatoms. The lowest BCUT2D eigenvalue weighted by molar-refractivity contribution is 0.258. The first-order valence-corrected chi connectivity index (χ1v) is 17.6. The van der Waals surface area contributed by atoms with Gasteiger partial charge in [0.15, 0.2) is 0 Å². The van der Waals surface area contributed by atoms with E-state index in [9.17, 15) is 0 Å². The number of hydrogen-bond acceptors (Lipinski definition) is 2. The number of aromatic nitrogens is 1. The minimum atomic E-state index is -0.0521. The molecule has 2 aromatic heterocycles. The molecule has 0 saturated heterocycles. The molecule has 0 bridgehead atoms. The number of rotatable bonds is 4. The summed E-state index contributed by atoms with van der Waals surface area (Å²) in [6, 6.07) is 56.5. The van der Waals surface area contributed by atoms with Gasteiger partial charge in [-0.25, -0.2) is 0 Å². The quantitative estimate of drug-likeness (QED) is 0.189. The molecular weight excluding hydrogens is 623 g/mol. The van der Waals surface area contributed by atoms with Gasteiger partial charge in [0.05, 0.1) is 11.0 Å². The molecule has 2 unspecified atom stereocenters. The first kappa shape index (κ1) is 28.3. The summed E-state index contributed by atoms with van der Waals surface area (Å²) in [6.45, 7) is 0. The van der Waals surface area contributed by atoms with Gasteiger partial charge in [-0.2, -0.15) is 0 Å². The third-order valence-corrected chi connectivity index (χ3v) is 10.8. The van der Waals surface area contributed by atoms with Gasteiger partial charge in [-0.15, -0.1) is 0 Å². The molecule has 0 fully saturated rings. The van der Waals surface area contributed by atoms with Crippen LogP contribution in [0.4, 0.5) is 0 Å². The molecule has 1 aliphatic carbocycles. The van der Waals surface area contributed by atoms with Gasteiger partial charge in [0.25, 0.3) is 0 Å². The van der Waals surface area contributed by atoms with Crippen LogP contribution < -0.4 is 4.74 Å². The minimum Gasteiger partial charge on any atom is -0.484 e. The zero-order chi connectivity index (χ0) is 33.5. The highest BCUT2D eigenvalue weighted by Crippen LogP contribution is 2.46. The Balaban J connectivity index is 1.11. The highest BCUT2D eigenvalue weighted by Gasteiger charge is 2.36. The predicted molar refractivity (Wildman–Crippen MR) is 210 cm³/mol. The van der Waals surface area contributed by atoms with Crippen LogP contribution in [-0.2, 0) is 0 Å². The van der Waals surface area contributed by atoms with Gasteiger partial charge in [0.2, 0.25) is 0 Å². The Labute approximate surface area is 295 Å². The van der Waals surface area contributed by atoms with E-state index in [1.165, 1.54) is 44.1 Å². The van der Waals surface area contributed by atoms with E-state index in [1.54, 1.807) is 0 Å². The fraction of sp³-hybridized carbons (Fsp3) is 0.0417. The van der Waals surface area contributed by atoms with Crippen molar-refractivity contribution < 1.29 is 9.15 Å². The zero-order valence-electron chi connectivity index (χ0n) is 27.7. The van der Waals surface area contributed by atoms with E-state index >= 15 is 0 Å². The predicted octanol–water partition coefficient (Wildman–Crippen LogP) is 12.5. The Morgan fingerprint density at radius 1 is 0.510 bits per heavy atom. The number of ether oxygens (including phenoxy) is 1. The van der Waals surface area contributed by atoms with E-state index < -0.39 is 0 Å². The zero-order valence-corrected chi connectivity index (χ0v) is 27.7. The second-order valence-electron chi connectivity index (χ2n) is 13.6. The molecule has 240 valence electrons. The number of fused-ring (bicyclic) bond motifs is 9. The summed E-state index contributed by atoms with van der Waals surface area (Å²) in [7, 11) is 0. The van der Waals surface area contributed by atoms with Crippen molar-refractivity contribution in [2.45, 2.75) is 12.0 Å². The van der Waals surface area contributed by atoms with Gasteiger partial charge in [-0.05, 0) is 58.7 Å². The Morgan fingerprint density at radius 3 is 2.12 bits per heavy atom. The maximum Gasteiger partial charge on any atom is 0.143 e. The van der Waals surface area contributed by atoms with Crippen molar-refractivity contribution in [3.05, 3.63) is 187 Å². The second kappa shape index (κ2) is 11.0. The molecule has 0 amide bonds. The lowest BCUT2D eigenvalue weighted by atomic mass is 9.84. The van der Waals surface area contributed by atoms with Crippen LogP contribution in [0.2, 0.25) is 0 Å². The van der Waals surface area contributed by atoms with Gasteiger partial charge >= 0.3 is 0 Å². The van der Waals surface area contributed by atoms with Gasteiger partial charge in [0.1, 0.15) is 23.0 Å². The third-order valence-electron chi connectivity index (χ3n) is 10.8. The van der Waals surface area contributed by atoms with E-state index in [-0.39, 0.29) is 12.0 Å².